The minimum atomic E-state index is -1.12. The second-order valence-electron chi connectivity index (χ2n) is 6.40. The second kappa shape index (κ2) is 6.75. The summed E-state index contributed by atoms with van der Waals surface area (Å²) in [6, 6.07) is 8.04. The van der Waals surface area contributed by atoms with E-state index in [1.807, 2.05) is 25.1 Å². The van der Waals surface area contributed by atoms with Crippen molar-refractivity contribution in [2.75, 3.05) is 19.7 Å². The molecule has 2 aliphatic rings. The molecule has 4 nitrogen and oxygen atoms in total. The average Bonchev–Trinajstić information content (AvgIpc) is 3.03. The van der Waals surface area contributed by atoms with Crippen LogP contribution >= 0.6 is 0 Å². The van der Waals surface area contributed by atoms with Crippen LogP contribution < -0.4 is 4.74 Å². The van der Waals surface area contributed by atoms with Crippen molar-refractivity contribution in [3.05, 3.63) is 35.9 Å². The third kappa shape index (κ3) is 3.27. The smallest absolute Gasteiger partial charge is 0.254 e. The highest BCUT2D eigenvalue weighted by Gasteiger charge is 2.41. The van der Waals surface area contributed by atoms with Crippen LogP contribution in [0, 0.1) is 0 Å². The molecule has 1 aliphatic heterocycles. The number of amides is 1. The summed E-state index contributed by atoms with van der Waals surface area (Å²) in [7, 11) is 0. The minimum Gasteiger partial charge on any atom is -0.493 e. The number of benzene rings is 1. The summed E-state index contributed by atoms with van der Waals surface area (Å²) in [5.41, 5.74) is 1.21. The Hall–Kier alpha value is -1.81. The molecule has 0 saturated heterocycles. The summed E-state index contributed by atoms with van der Waals surface area (Å²) < 4.78 is 5.70. The number of rotatable bonds is 4. The van der Waals surface area contributed by atoms with Crippen molar-refractivity contribution >= 4 is 11.5 Å². The topological polar surface area (TPSA) is 49.8 Å². The SMILES string of the molecule is CCOc1ccccc1C1=CCN(C(=O)C2(O)CCCC2)CC1. The van der Waals surface area contributed by atoms with Crippen LogP contribution in [-0.4, -0.2) is 41.2 Å². The summed E-state index contributed by atoms with van der Waals surface area (Å²) in [5, 5.41) is 10.5. The fraction of sp³-hybridized carbons (Fsp3) is 0.526. The van der Waals surface area contributed by atoms with E-state index in [1.54, 1.807) is 4.90 Å². The van der Waals surface area contributed by atoms with Gasteiger partial charge in [-0.15, -0.1) is 0 Å². The van der Waals surface area contributed by atoms with Gasteiger partial charge in [0, 0.05) is 18.7 Å². The van der Waals surface area contributed by atoms with Crippen molar-refractivity contribution in [1.29, 1.82) is 0 Å². The average molecular weight is 315 g/mol. The molecule has 1 N–H and O–H groups in total. The molecule has 0 unspecified atom stereocenters. The summed E-state index contributed by atoms with van der Waals surface area (Å²) >= 11 is 0. The maximum Gasteiger partial charge on any atom is 0.254 e. The van der Waals surface area contributed by atoms with Crippen LogP contribution in [0.2, 0.25) is 0 Å². The van der Waals surface area contributed by atoms with E-state index >= 15 is 0 Å². The van der Waals surface area contributed by atoms with Gasteiger partial charge >= 0.3 is 0 Å². The van der Waals surface area contributed by atoms with Crippen molar-refractivity contribution in [3.8, 4) is 5.75 Å². The van der Waals surface area contributed by atoms with Gasteiger partial charge in [-0.3, -0.25) is 4.79 Å². The van der Waals surface area contributed by atoms with Crippen LogP contribution in [0.1, 0.15) is 44.6 Å². The first-order valence-corrected chi connectivity index (χ1v) is 8.57. The number of hydrogen-bond donors (Lipinski definition) is 1. The monoisotopic (exact) mass is 315 g/mol. The molecule has 0 atom stereocenters. The quantitative estimate of drug-likeness (QED) is 0.929. The van der Waals surface area contributed by atoms with E-state index in [0.29, 0.717) is 32.5 Å². The first-order chi connectivity index (χ1) is 11.1. The lowest BCUT2D eigenvalue weighted by atomic mass is 9.95. The van der Waals surface area contributed by atoms with Crippen molar-refractivity contribution < 1.29 is 14.6 Å². The number of hydrogen-bond acceptors (Lipinski definition) is 3. The molecule has 1 heterocycles. The zero-order chi connectivity index (χ0) is 16.3. The predicted octanol–water partition coefficient (Wildman–Crippen LogP) is 3.01. The van der Waals surface area contributed by atoms with E-state index in [-0.39, 0.29) is 5.91 Å². The van der Waals surface area contributed by atoms with E-state index in [4.69, 9.17) is 4.74 Å². The van der Waals surface area contributed by atoms with Gasteiger partial charge in [-0.1, -0.05) is 24.3 Å². The van der Waals surface area contributed by atoms with Gasteiger partial charge in [0.25, 0.3) is 5.91 Å². The lowest BCUT2D eigenvalue weighted by Gasteiger charge is -2.33. The lowest BCUT2D eigenvalue weighted by molar-refractivity contribution is -0.150. The molecule has 0 aromatic heterocycles. The van der Waals surface area contributed by atoms with Gasteiger partial charge in [-0.2, -0.15) is 0 Å². The molecular weight excluding hydrogens is 290 g/mol. The maximum absolute atomic E-state index is 12.6. The molecule has 3 rings (SSSR count). The third-order valence-corrected chi connectivity index (χ3v) is 4.86. The van der Waals surface area contributed by atoms with Gasteiger partial charge in [0.15, 0.2) is 0 Å². The number of carbonyl (C=O) groups is 1. The molecule has 1 aromatic carbocycles. The Bertz CT molecular complexity index is 602. The lowest BCUT2D eigenvalue weighted by Crippen LogP contribution is -2.48. The highest BCUT2D eigenvalue weighted by atomic mass is 16.5. The van der Waals surface area contributed by atoms with Crippen molar-refractivity contribution in [3.63, 3.8) is 0 Å². The molecule has 0 radical (unpaired) electrons. The van der Waals surface area contributed by atoms with Crippen molar-refractivity contribution in [2.24, 2.45) is 0 Å². The third-order valence-electron chi connectivity index (χ3n) is 4.86. The number of aliphatic hydroxyl groups is 1. The maximum atomic E-state index is 12.6. The van der Waals surface area contributed by atoms with Gasteiger partial charge in [0.05, 0.1) is 6.61 Å². The van der Waals surface area contributed by atoms with E-state index in [1.165, 1.54) is 5.57 Å². The number of nitrogens with zero attached hydrogens (tertiary/aromatic N) is 1. The molecule has 0 spiro atoms. The minimum absolute atomic E-state index is 0.0941. The number of para-hydroxylation sites is 1. The normalized spacial score (nSPS) is 20.3. The van der Waals surface area contributed by atoms with E-state index in [9.17, 15) is 9.90 Å². The molecule has 4 heteroatoms. The highest BCUT2D eigenvalue weighted by Crippen LogP contribution is 2.34. The Morgan fingerprint density at radius 3 is 2.70 bits per heavy atom. The molecule has 1 amide bonds. The Labute approximate surface area is 137 Å². The van der Waals surface area contributed by atoms with Gasteiger partial charge in [0.1, 0.15) is 11.4 Å². The first kappa shape index (κ1) is 16.1. The number of carbonyl (C=O) groups excluding carboxylic acids is 1. The van der Waals surface area contributed by atoms with Crippen molar-refractivity contribution in [1.82, 2.24) is 4.90 Å². The van der Waals surface area contributed by atoms with Crippen LogP contribution in [0.25, 0.3) is 5.57 Å². The van der Waals surface area contributed by atoms with E-state index in [0.717, 1.165) is 30.6 Å². The van der Waals surface area contributed by atoms with Crippen LogP contribution in [0.3, 0.4) is 0 Å². The Morgan fingerprint density at radius 2 is 2.04 bits per heavy atom. The van der Waals surface area contributed by atoms with Crippen LogP contribution in [-0.2, 0) is 4.79 Å². The molecule has 0 bridgehead atoms. The highest BCUT2D eigenvalue weighted by molar-refractivity contribution is 5.86. The predicted molar refractivity (Wildman–Crippen MR) is 90.2 cm³/mol. The van der Waals surface area contributed by atoms with Crippen LogP contribution in [0.15, 0.2) is 30.3 Å². The molecular formula is C19H25NO3. The standard InChI is InChI=1S/C19H25NO3/c1-2-23-17-8-4-3-7-16(17)15-9-13-20(14-10-15)18(21)19(22)11-5-6-12-19/h3-4,7-9,22H,2,5-6,10-14H2,1H3. The zero-order valence-electron chi connectivity index (χ0n) is 13.8. The summed E-state index contributed by atoms with van der Waals surface area (Å²) in [5.74, 6) is 0.804. The van der Waals surface area contributed by atoms with Gasteiger partial charge < -0.3 is 14.7 Å². The van der Waals surface area contributed by atoms with E-state index < -0.39 is 5.60 Å². The summed E-state index contributed by atoms with van der Waals surface area (Å²) in [6.07, 6.45) is 5.99. The molecule has 1 aliphatic carbocycles. The molecule has 1 fully saturated rings. The Balaban J connectivity index is 1.72. The fourth-order valence-corrected chi connectivity index (χ4v) is 3.58. The van der Waals surface area contributed by atoms with Crippen molar-refractivity contribution in [2.45, 2.75) is 44.6 Å². The molecule has 1 aromatic rings. The van der Waals surface area contributed by atoms with E-state index in [2.05, 4.69) is 12.1 Å². The first-order valence-electron chi connectivity index (χ1n) is 8.57. The molecule has 124 valence electrons. The Kier molecular flexibility index (Phi) is 4.71. The molecule has 1 saturated carbocycles. The number of ether oxygens (including phenoxy) is 1. The largest absolute Gasteiger partial charge is 0.493 e. The summed E-state index contributed by atoms with van der Waals surface area (Å²) in [4.78, 5) is 14.3. The van der Waals surface area contributed by atoms with Gasteiger partial charge in [0.2, 0.25) is 0 Å². The fourth-order valence-electron chi connectivity index (χ4n) is 3.58. The van der Waals surface area contributed by atoms with Crippen LogP contribution in [0.5, 0.6) is 5.75 Å². The van der Waals surface area contributed by atoms with Gasteiger partial charge in [-0.25, -0.2) is 0 Å². The van der Waals surface area contributed by atoms with Crippen LogP contribution in [0.4, 0.5) is 0 Å². The molecule has 23 heavy (non-hydrogen) atoms. The summed E-state index contributed by atoms with van der Waals surface area (Å²) in [6.45, 7) is 3.85. The second-order valence-corrected chi connectivity index (χ2v) is 6.40. The zero-order valence-corrected chi connectivity index (χ0v) is 13.8. The Morgan fingerprint density at radius 1 is 1.30 bits per heavy atom. The van der Waals surface area contributed by atoms with Gasteiger partial charge in [-0.05, 0) is 50.7 Å².